The zero-order valence-electron chi connectivity index (χ0n) is 8.11. The molecule has 0 saturated heterocycles. The molecule has 2 rings (SSSR count). The Bertz CT molecular complexity index is 524. The lowest BCUT2D eigenvalue weighted by Crippen LogP contribution is -1.92. The van der Waals surface area contributed by atoms with Gasteiger partial charge in [-0.2, -0.15) is 0 Å². The topological polar surface area (TPSA) is 30.0 Å². The number of benzene rings is 1. The molecule has 0 fully saturated rings. The molecule has 0 radical (unpaired) electrons. The van der Waals surface area contributed by atoms with Crippen molar-refractivity contribution >= 4 is 39.8 Å². The normalized spacial score (nSPS) is 10.4. The first kappa shape index (κ1) is 11.6. The van der Waals surface area contributed by atoms with E-state index in [4.69, 9.17) is 23.2 Å². The molecule has 0 spiro atoms. The fraction of sp³-hybridized carbons (Fsp3) is 0.0909. The van der Waals surface area contributed by atoms with E-state index in [1.165, 1.54) is 11.3 Å². The van der Waals surface area contributed by atoms with E-state index in [2.05, 4.69) is 4.98 Å². The van der Waals surface area contributed by atoms with Crippen LogP contribution >= 0.6 is 34.5 Å². The second kappa shape index (κ2) is 4.95. The molecule has 2 nitrogen and oxygen atoms in total. The molecular formula is C11H7Cl2NOS. The molecule has 0 aliphatic rings. The summed E-state index contributed by atoms with van der Waals surface area (Å²) in [6, 6.07) is 7.56. The van der Waals surface area contributed by atoms with Gasteiger partial charge in [0, 0.05) is 16.8 Å². The molecule has 0 aliphatic carbocycles. The first-order valence-electron chi connectivity index (χ1n) is 4.54. The summed E-state index contributed by atoms with van der Waals surface area (Å²) in [6.07, 6.45) is 0.620. The molecule has 0 N–H and O–H groups in total. The number of halogens is 2. The molecule has 0 aliphatic heterocycles. The van der Waals surface area contributed by atoms with E-state index in [0.717, 1.165) is 10.6 Å². The van der Waals surface area contributed by atoms with Crippen LogP contribution < -0.4 is 0 Å². The molecule has 5 heteroatoms. The zero-order valence-corrected chi connectivity index (χ0v) is 10.4. The largest absolute Gasteiger partial charge is 0.274 e. The fourth-order valence-corrected chi connectivity index (χ4v) is 2.45. The number of carbonyl (C=O) groups is 1. The van der Waals surface area contributed by atoms with Gasteiger partial charge >= 0.3 is 0 Å². The van der Waals surface area contributed by atoms with E-state index in [-0.39, 0.29) is 0 Å². The lowest BCUT2D eigenvalue weighted by molar-refractivity contribution is 0.107. The third-order valence-electron chi connectivity index (χ3n) is 2.05. The molecule has 1 aromatic heterocycles. The van der Waals surface area contributed by atoms with Crippen molar-refractivity contribution in [3.8, 4) is 0 Å². The summed E-state index contributed by atoms with van der Waals surface area (Å²) in [7, 11) is 0. The minimum atomic E-state index is -0.526. The van der Waals surface area contributed by atoms with Gasteiger partial charge in [-0.25, -0.2) is 4.98 Å². The minimum Gasteiger partial charge on any atom is -0.274 e. The van der Waals surface area contributed by atoms with Gasteiger partial charge in [0.25, 0.3) is 5.24 Å². The van der Waals surface area contributed by atoms with Gasteiger partial charge in [-0.1, -0.05) is 29.8 Å². The van der Waals surface area contributed by atoms with E-state index >= 15 is 0 Å². The van der Waals surface area contributed by atoms with E-state index < -0.39 is 5.24 Å². The van der Waals surface area contributed by atoms with Crippen LogP contribution in [0.25, 0.3) is 0 Å². The molecule has 16 heavy (non-hydrogen) atoms. The van der Waals surface area contributed by atoms with Gasteiger partial charge in [0.1, 0.15) is 5.69 Å². The van der Waals surface area contributed by atoms with Gasteiger partial charge in [0.15, 0.2) is 0 Å². The Kier molecular flexibility index (Phi) is 3.59. The summed E-state index contributed by atoms with van der Waals surface area (Å²) in [5, 5.41) is 2.66. The Morgan fingerprint density at radius 1 is 1.38 bits per heavy atom. The van der Waals surface area contributed by atoms with Gasteiger partial charge in [0.2, 0.25) is 0 Å². The highest BCUT2D eigenvalue weighted by atomic mass is 35.5. The van der Waals surface area contributed by atoms with E-state index in [1.807, 2.05) is 24.3 Å². The molecule has 2 aromatic rings. The second-order valence-electron chi connectivity index (χ2n) is 3.17. The molecule has 1 aromatic carbocycles. The van der Waals surface area contributed by atoms with E-state index in [9.17, 15) is 4.79 Å². The van der Waals surface area contributed by atoms with Crippen molar-refractivity contribution in [2.45, 2.75) is 6.42 Å². The fourth-order valence-electron chi connectivity index (χ4n) is 1.29. The Hall–Kier alpha value is -0.900. The molecule has 0 saturated carbocycles. The van der Waals surface area contributed by atoms with Gasteiger partial charge < -0.3 is 0 Å². The Morgan fingerprint density at radius 3 is 2.75 bits per heavy atom. The molecule has 0 amide bonds. The highest BCUT2D eigenvalue weighted by Crippen LogP contribution is 2.21. The van der Waals surface area contributed by atoms with Crippen molar-refractivity contribution in [3.05, 3.63) is 50.9 Å². The third kappa shape index (κ3) is 2.61. The summed E-state index contributed by atoms with van der Waals surface area (Å²) in [5.74, 6) is 0. The first-order chi connectivity index (χ1) is 7.66. The average Bonchev–Trinajstić information content (AvgIpc) is 2.70. The van der Waals surface area contributed by atoms with Crippen LogP contribution in [0, 0.1) is 0 Å². The lowest BCUT2D eigenvalue weighted by Gasteiger charge is -2.00. The number of rotatable bonds is 3. The van der Waals surface area contributed by atoms with Crippen molar-refractivity contribution in [1.82, 2.24) is 4.98 Å². The van der Waals surface area contributed by atoms with Crippen LogP contribution in [0.5, 0.6) is 0 Å². The average molecular weight is 272 g/mol. The predicted molar refractivity (Wildman–Crippen MR) is 66.6 cm³/mol. The second-order valence-corrected chi connectivity index (χ2v) is 4.86. The van der Waals surface area contributed by atoms with Crippen LogP contribution in [-0.2, 0) is 6.42 Å². The van der Waals surface area contributed by atoms with Gasteiger partial charge in [-0.15, -0.1) is 11.3 Å². The quantitative estimate of drug-likeness (QED) is 0.796. The number of nitrogens with zero attached hydrogens (tertiary/aromatic N) is 1. The summed E-state index contributed by atoms with van der Waals surface area (Å²) in [4.78, 5) is 15.0. The Balaban J connectivity index is 2.21. The number of hydrogen-bond donors (Lipinski definition) is 0. The summed E-state index contributed by atoms with van der Waals surface area (Å²) in [6.45, 7) is 0. The van der Waals surface area contributed by atoms with Crippen LogP contribution in [0.15, 0.2) is 29.6 Å². The number of thiazole rings is 1. The maximum atomic E-state index is 10.9. The molecule has 0 bridgehead atoms. The van der Waals surface area contributed by atoms with Crippen molar-refractivity contribution in [2.75, 3.05) is 0 Å². The molecule has 0 atom stereocenters. The van der Waals surface area contributed by atoms with E-state index in [1.54, 1.807) is 5.38 Å². The van der Waals surface area contributed by atoms with Crippen molar-refractivity contribution in [3.63, 3.8) is 0 Å². The number of aromatic nitrogens is 1. The van der Waals surface area contributed by atoms with Gasteiger partial charge in [-0.05, 0) is 23.2 Å². The van der Waals surface area contributed by atoms with Gasteiger partial charge in [-0.3, -0.25) is 4.79 Å². The smallest absolute Gasteiger partial charge is 0.271 e. The van der Waals surface area contributed by atoms with Crippen LogP contribution in [-0.4, -0.2) is 10.2 Å². The number of hydrogen-bond acceptors (Lipinski definition) is 3. The van der Waals surface area contributed by atoms with Crippen LogP contribution in [0.2, 0.25) is 5.02 Å². The highest BCUT2D eigenvalue weighted by Gasteiger charge is 2.09. The number of carbonyl (C=O) groups excluding carboxylic acids is 1. The summed E-state index contributed by atoms with van der Waals surface area (Å²) < 4.78 is 0. The monoisotopic (exact) mass is 271 g/mol. The SMILES string of the molecule is O=C(Cl)c1csc(Cc2ccccc2Cl)n1. The van der Waals surface area contributed by atoms with Crippen LogP contribution in [0.3, 0.4) is 0 Å². The maximum Gasteiger partial charge on any atom is 0.271 e. The third-order valence-corrected chi connectivity index (χ3v) is 3.46. The maximum absolute atomic E-state index is 10.9. The first-order valence-corrected chi connectivity index (χ1v) is 6.18. The summed E-state index contributed by atoms with van der Waals surface area (Å²) in [5.41, 5.74) is 1.29. The summed E-state index contributed by atoms with van der Waals surface area (Å²) >= 11 is 12.8. The molecule has 1 heterocycles. The van der Waals surface area contributed by atoms with Crippen molar-refractivity contribution < 1.29 is 4.79 Å². The van der Waals surface area contributed by atoms with Crippen molar-refractivity contribution in [2.24, 2.45) is 0 Å². The zero-order chi connectivity index (χ0) is 11.5. The minimum absolute atomic E-state index is 0.300. The molecule has 82 valence electrons. The Morgan fingerprint density at radius 2 is 2.12 bits per heavy atom. The standard InChI is InChI=1S/C11H7Cl2NOS/c12-8-4-2-1-3-7(8)5-10-14-9(6-16-10)11(13)15/h1-4,6H,5H2. The van der Waals surface area contributed by atoms with Crippen LogP contribution in [0.4, 0.5) is 0 Å². The molecular weight excluding hydrogens is 265 g/mol. The molecule has 0 unspecified atom stereocenters. The predicted octanol–water partition coefficient (Wildman–Crippen LogP) is 3.77. The van der Waals surface area contributed by atoms with Crippen LogP contribution in [0.1, 0.15) is 21.1 Å². The Labute approximate surface area is 107 Å². The van der Waals surface area contributed by atoms with Gasteiger partial charge in [0.05, 0.1) is 5.01 Å². The van der Waals surface area contributed by atoms with Crippen molar-refractivity contribution in [1.29, 1.82) is 0 Å². The lowest BCUT2D eigenvalue weighted by atomic mass is 10.2. The highest BCUT2D eigenvalue weighted by molar-refractivity contribution is 7.10. The van der Waals surface area contributed by atoms with E-state index in [0.29, 0.717) is 17.1 Å².